The van der Waals surface area contributed by atoms with Gasteiger partial charge in [0.1, 0.15) is 10.7 Å². The average Bonchev–Trinajstić information content (AvgIpc) is 3.33. The van der Waals surface area contributed by atoms with Crippen molar-refractivity contribution in [3.05, 3.63) is 27.7 Å². The quantitative estimate of drug-likeness (QED) is 0.788. The molecule has 2 atom stereocenters. The van der Waals surface area contributed by atoms with E-state index in [-0.39, 0.29) is 29.8 Å². The molecule has 2 N–H and O–H groups in total. The lowest BCUT2D eigenvalue weighted by atomic mass is 10.0. The Kier molecular flexibility index (Phi) is 6.00. The fourth-order valence-corrected chi connectivity index (χ4v) is 4.53. The molecule has 0 spiro atoms. The zero-order valence-corrected chi connectivity index (χ0v) is 16.7. The third-order valence-corrected chi connectivity index (χ3v) is 6.08. The summed E-state index contributed by atoms with van der Waals surface area (Å²) in [6.07, 6.45) is 3.56. The van der Waals surface area contributed by atoms with Crippen LogP contribution in [0, 0.1) is 5.92 Å². The van der Waals surface area contributed by atoms with Crippen molar-refractivity contribution in [3.63, 3.8) is 0 Å². The lowest BCUT2D eigenvalue weighted by Gasteiger charge is -2.25. The number of nitrogens with zero attached hydrogens (tertiary/aromatic N) is 3. The number of anilines is 1. The molecule has 0 unspecified atom stereocenters. The van der Waals surface area contributed by atoms with E-state index >= 15 is 0 Å². The molecule has 1 aliphatic heterocycles. The van der Waals surface area contributed by atoms with Crippen molar-refractivity contribution in [2.75, 3.05) is 18.9 Å². The molecule has 0 saturated carbocycles. The van der Waals surface area contributed by atoms with E-state index in [1.165, 1.54) is 22.7 Å². The van der Waals surface area contributed by atoms with Gasteiger partial charge < -0.3 is 5.32 Å². The second-order valence-corrected chi connectivity index (χ2v) is 8.52. The van der Waals surface area contributed by atoms with Crippen molar-refractivity contribution in [2.24, 2.45) is 5.92 Å². The molecular formula is C17H23N5O2S2. The average molecular weight is 394 g/mol. The lowest BCUT2D eigenvalue weighted by Crippen LogP contribution is -2.44. The molecule has 2 aromatic heterocycles. The van der Waals surface area contributed by atoms with Crippen molar-refractivity contribution >= 4 is 39.6 Å². The van der Waals surface area contributed by atoms with Crippen LogP contribution in [0.5, 0.6) is 0 Å². The second kappa shape index (κ2) is 8.24. The van der Waals surface area contributed by atoms with E-state index in [0.717, 1.165) is 24.4 Å². The molecule has 0 radical (unpaired) electrons. The van der Waals surface area contributed by atoms with Gasteiger partial charge in [-0.2, -0.15) is 0 Å². The van der Waals surface area contributed by atoms with Crippen molar-refractivity contribution in [2.45, 2.75) is 38.8 Å². The highest BCUT2D eigenvalue weighted by molar-refractivity contribution is 7.13. The normalized spacial score (nSPS) is 18.8. The van der Waals surface area contributed by atoms with Gasteiger partial charge in [0.15, 0.2) is 5.13 Å². The highest BCUT2D eigenvalue weighted by Gasteiger charge is 2.31. The number of aromatic nitrogens is 2. The van der Waals surface area contributed by atoms with Gasteiger partial charge in [-0.25, -0.2) is 9.97 Å². The van der Waals surface area contributed by atoms with Crippen LogP contribution in [0.2, 0.25) is 0 Å². The molecule has 140 valence electrons. The number of rotatable bonds is 6. The molecule has 2 aromatic rings. The van der Waals surface area contributed by atoms with Gasteiger partial charge in [-0.05, 0) is 32.4 Å². The third kappa shape index (κ3) is 4.28. The summed E-state index contributed by atoms with van der Waals surface area (Å²) in [5.74, 6) is -0.0776. The van der Waals surface area contributed by atoms with Gasteiger partial charge in [-0.3, -0.25) is 19.8 Å². The predicted octanol–water partition coefficient (Wildman–Crippen LogP) is 2.76. The molecule has 9 heteroatoms. The molecule has 2 amide bonds. The number of likely N-dealkylation sites (tertiary alicyclic amines) is 1. The molecule has 7 nitrogen and oxygen atoms in total. The summed E-state index contributed by atoms with van der Waals surface area (Å²) in [5, 5.41) is 10.7. The van der Waals surface area contributed by atoms with E-state index in [4.69, 9.17) is 0 Å². The van der Waals surface area contributed by atoms with Crippen LogP contribution in [-0.2, 0) is 4.79 Å². The van der Waals surface area contributed by atoms with Gasteiger partial charge >= 0.3 is 0 Å². The Morgan fingerprint density at radius 3 is 2.77 bits per heavy atom. The molecule has 0 aliphatic carbocycles. The number of hydrogen-bond acceptors (Lipinski definition) is 7. The Labute approximate surface area is 160 Å². The highest BCUT2D eigenvalue weighted by atomic mass is 32.1. The van der Waals surface area contributed by atoms with Crippen LogP contribution in [0.3, 0.4) is 0 Å². The lowest BCUT2D eigenvalue weighted by molar-refractivity contribution is -0.126. The SMILES string of the molecule is CC(C)[C@@H](NC(=O)[C@@H]1CCCN1C)c1nc(C(=O)Nc2nccs2)cs1. The van der Waals surface area contributed by atoms with Crippen LogP contribution in [-0.4, -0.2) is 46.3 Å². The van der Waals surface area contributed by atoms with E-state index in [9.17, 15) is 9.59 Å². The summed E-state index contributed by atoms with van der Waals surface area (Å²) in [6, 6.07) is -0.285. The van der Waals surface area contributed by atoms with Crippen LogP contribution in [0.15, 0.2) is 17.0 Å². The molecule has 1 fully saturated rings. The highest BCUT2D eigenvalue weighted by Crippen LogP contribution is 2.27. The number of hydrogen-bond donors (Lipinski definition) is 2. The van der Waals surface area contributed by atoms with Crippen molar-refractivity contribution < 1.29 is 9.59 Å². The van der Waals surface area contributed by atoms with Gasteiger partial charge in [-0.1, -0.05) is 13.8 Å². The summed E-state index contributed by atoms with van der Waals surface area (Å²) in [5.41, 5.74) is 0.345. The Morgan fingerprint density at radius 2 is 2.15 bits per heavy atom. The first kappa shape index (κ1) is 18.9. The van der Waals surface area contributed by atoms with E-state index in [0.29, 0.717) is 10.8 Å². The Balaban J connectivity index is 1.69. The maximum Gasteiger partial charge on any atom is 0.276 e. The first-order valence-corrected chi connectivity index (χ1v) is 10.4. The summed E-state index contributed by atoms with van der Waals surface area (Å²) in [6.45, 7) is 5.03. The predicted molar refractivity (Wildman–Crippen MR) is 104 cm³/mol. The summed E-state index contributed by atoms with van der Waals surface area (Å²) in [7, 11) is 1.98. The number of nitrogens with one attached hydrogen (secondary N) is 2. The summed E-state index contributed by atoms with van der Waals surface area (Å²) >= 11 is 2.75. The Morgan fingerprint density at radius 1 is 1.35 bits per heavy atom. The van der Waals surface area contributed by atoms with Crippen LogP contribution >= 0.6 is 22.7 Å². The third-order valence-electron chi connectivity index (χ3n) is 4.46. The number of carbonyl (C=O) groups excluding carboxylic acids is 2. The minimum absolute atomic E-state index is 0.0349. The van der Waals surface area contributed by atoms with Crippen molar-refractivity contribution in [1.29, 1.82) is 0 Å². The van der Waals surface area contributed by atoms with Gasteiger partial charge in [0.2, 0.25) is 5.91 Å². The fraction of sp³-hybridized carbons (Fsp3) is 0.529. The summed E-state index contributed by atoms with van der Waals surface area (Å²) < 4.78 is 0. The fourth-order valence-electron chi connectivity index (χ4n) is 2.99. The smallest absolute Gasteiger partial charge is 0.276 e. The Hall–Kier alpha value is -1.84. The monoisotopic (exact) mass is 393 g/mol. The molecule has 1 saturated heterocycles. The van der Waals surface area contributed by atoms with Crippen molar-refractivity contribution in [1.82, 2.24) is 20.2 Å². The standard InChI is InChI=1S/C17H23N5O2S2/c1-10(2)13(20-15(24)12-5-4-7-22(12)3)16-19-11(9-26-16)14(23)21-17-18-6-8-25-17/h6,8-10,12-13H,4-5,7H2,1-3H3,(H,20,24)(H,18,21,23)/t12-,13+/m0/s1. The van der Waals surface area contributed by atoms with Gasteiger partial charge in [0.25, 0.3) is 5.91 Å². The molecule has 26 heavy (non-hydrogen) atoms. The topological polar surface area (TPSA) is 87.2 Å². The second-order valence-electron chi connectivity index (χ2n) is 6.73. The number of amides is 2. The maximum absolute atomic E-state index is 12.6. The number of thiazole rings is 2. The van der Waals surface area contributed by atoms with Gasteiger partial charge in [0.05, 0.1) is 12.1 Å². The molecule has 3 rings (SSSR count). The van der Waals surface area contributed by atoms with E-state index < -0.39 is 0 Å². The molecule has 3 heterocycles. The van der Waals surface area contributed by atoms with Crippen LogP contribution in [0.4, 0.5) is 5.13 Å². The van der Waals surface area contributed by atoms with Crippen LogP contribution < -0.4 is 10.6 Å². The largest absolute Gasteiger partial charge is 0.345 e. The number of likely N-dealkylation sites (N-methyl/N-ethyl adjacent to an activating group) is 1. The van der Waals surface area contributed by atoms with Crippen LogP contribution in [0.1, 0.15) is 48.2 Å². The van der Waals surface area contributed by atoms with Gasteiger partial charge in [0, 0.05) is 17.0 Å². The van der Waals surface area contributed by atoms with Crippen LogP contribution in [0.25, 0.3) is 0 Å². The van der Waals surface area contributed by atoms with E-state index in [1.807, 2.05) is 20.9 Å². The minimum atomic E-state index is -0.285. The zero-order valence-electron chi connectivity index (χ0n) is 15.1. The van der Waals surface area contributed by atoms with Gasteiger partial charge in [-0.15, -0.1) is 22.7 Å². The maximum atomic E-state index is 12.6. The Bertz CT molecular complexity index is 759. The van der Waals surface area contributed by atoms with E-state index in [2.05, 4.69) is 25.5 Å². The minimum Gasteiger partial charge on any atom is -0.345 e. The van der Waals surface area contributed by atoms with Crippen molar-refractivity contribution in [3.8, 4) is 0 Å². The molecular weight excluding hydrogens is 370 g/mol. The zero-order chi connectivity index (χ0) is 18.7. The molecule has 0 aromatic carbocycles. The first-order chi connectivity index (χ1) is 12.5. The summed E-state index contributed by atoms with van der Waals surface area (Å²) in [4.78, 5) is 35.5. The first-order valence-electron chi connectivity index (χ1n) is 8.62. The molecule has 1 aliphatic rings. The molecule has 0 bridgehead atoms. The van der Waals surface area contributed by atoms with E-state index in [1.54, 1.807) is 17.0 Å². The number of carbonyl (C=O) groups is 2.